The van der Waals surface area contributed by atoms with Crippen LogP contribution in [0.1, 0.15) is 5.56 Å². The highest BCUT2D eigenvalue weighted by Crippen LogP contribution is 2.22. The van der Waals surface area contributed by atoms with Crippen molar-refractivity contribution in [3.8, 4) is 5.75 Å². The maximum absolute atomic E-state index is 12.1. The van der Waals surface area contributed by atoms with E-state index in [-0.39, 0.29) is 18.2 Å². The molecule has 0 saturated carbocycles. The van der Waals surface area contributed by atoms with Crippen molar-refractivity contribution in [3.63, 3.8) is 0 Å². The molecule has 1 aliphatic heterocycles. The van der Waals surface area contributed by atoms with Crippen molar-refractivity contribution >= 4 is 11.9 Å². The smallest absolute Gasteiger partial charge is 0.406 e. The summed E-state index contributed by atoms with van der Waals surface area (Å²) in [7, 11) is 1.69. The van der Waals surface area contributed by atoms with Gasteiger partial charge in [0.05, 0.1) is 6.54 Å². The predicted octanol–water partition coefficient (Wildman–Crippen LogP) is 1.57. The molecule has 126 valence electrons. The van der Waals surface area contributed by atoms with Crippen molar-refractivity contribution in [2.24, 2.45) is 0 Å². The number of nitrogens with one attached hydrogen (secondary N) is 1. The van der Waals surface area contributed by atoms with Crippen molar-refractivity contribution in [1.82, 2.24) is 15.1 Å². The Morgan fingerprint density at radius 1 is 1.35 bits per heavy atom. The molecule has 0 unspecified atom stereocenters. The quantitative estimate of drug-likeness (QED) is 0.890. The topological polar surface area (TPSA) is 61.9 Å². The van der Waals surface area contributed by atoms with E-state index in [0.29, 0.717) is 19.6 Å². The van der Waals surface area contributed by atoms with Crippen molar-refractivity contribution in [3.05, 3.63) is 29.8 Å². The largest absolute Gasteiger partial charge is 0.573 e. The Morgan fingerprint density at radius 2 is 2.00 bits per heavy atom. The summed E-state index contributed by atoms with van der Waals surface area (Å²) in [4.78, 5) is 26.1. The molecule has 1 aromatic rings. The molecule has 0 bridgehead atoms. The first kappa shape index (κ1) is 17.1. The van der Waals surface area contributed by atoms with Crippen LogP contribution in [0.4, 0.5) is 18.0 Å². The number of likely N-dealkylation sites (N-methyl/N-ethyl adjacent to an activating group) is 1. The van der Waals surface area contributed by atoms with Crippen molar-refractivity contribution in [2.45, 2.75) is 12.9 Å². The van der Waals surface area contributed by atoms with Crippen LogP contribution in [0.2, 0.25) is 0 Å². The molecule has 1 saturated heterocycles. The Morgan fingerprint density at radius 3 is 2.52 bits per heavy atom. The molecule has 0 aromatic heterocycles. The molecule has 2 rings (SSSR count). The Balaban J connectivity index is 1.86. The Hall–Kier alpha value is -2.29. The zero-order valence-corrected chi connectivity index (χ0v) is 12.4. The summed E-state index contributed by atoms with van der Waals surface area (Å²) < 4.78 is 40.0. The molecular weight excluding hydrogens is 315 g/mol. The van der Waals surface area contributed by atoms with Gasteiger partial charge in [-0.2, -0.15) is 0 Å². The molecule has 0 spiro atoms. The fourth-order valence-electron chi connectivity index (χ4n) is 2.19. The monoisotopic (exact) mass is 331 g/mol. The lowest BCUT2D eigenvalue weighted by Crippen LogP contribution is -2.40. The standard InChI is InChI=1S/C14H16F3N3O3/c1-19(9-12(21)20-7-6-18-13(20)22)8-10-2-4-11(5-3-10)23-14(15,16)17/h2-5H,6-9H2,1H3,(H,18,22). The van der Waals surface area contributed by atoms with E-state index in [1.165, 1.54) is 24.3 Å². The van der Waals surface area contributed by atoms with Crippen molar-refractivity contribution in [1.29, 1.82) is 0 Å². The van der Waals surface area contributed by atoms with Crippen LogP contribution in [0.25, 0.3) is 0 Å². The molecule has 1 N–H and O–H groups in total. The Bertz CT molecular complexity index is 575. The molecule has 6 nitrogen and oxygen atoms in total. The molecule has 9 heteroatoms. The van der Waals surface area contributed by atoms with Gasteiger partial charge in [-0.05, 0) is 24.7 Å². The lowest BCUT2D eigenvalue weighted by Gasteiger charge is -2.19. The maximum Gasteiger partial charge on any atom is 0.573 e. The summed E-state index contributed by atoms with van der Waals surface area (Å²) in [6.45, 7) is 1.17. The summed E-state index contributed by atoms with van der Waals surface area (Å²) >= 11 is 0. The van der Waals surface area contributed by atoms with Gasteiger partial charge in [0.25, 0.3) is 0 Å². The number of hydrogen-bond donors (Lipinski definition) is 1. The number of rotatable bonds is 5. The van der Waals surface area contributed by atoms with E-state index in [4.69, 9.17) is 0 Å². The van der Waals surface area contributed by atoms with Crippen LogP contribution in [-0.4, -0.2) is 54.8 Å². The number of amides is 3. The maximum atomic E-state index is 12.1. The summed E-state index contributed by atoms with van der Waals surface area (Å²) in [5, 5.41) is 2.54. The number of hydrogen-bond acceptors (Lipinski definition) is 4. The first-order valence-electron chi connectivity index (χ1n) is 6.86. The third-order valence-corrected chi connectivity index (χ3v) is 3.17. The van der Waals surface area contributed by atoms with Gasteiger partial charge in [-0.25, -0.2) is 4.79 Å². The molecule has 1 heterocycles. The van der Waals surface area contributed by atoms with Gasteiger partial charge in [-0.3, -0.25) is 14.6 Å². The van der Waals surface area contributed by atoms with E-state index < -0.39 is 12.4 Å². The van der Waals surface area contributed by atoms with E-state index in [9.17, 15) is 22.8 Å². The second-order valence-electron chi connectivity index (χ2n) is 5.14. The summed E-state index contributed by atoms with van der Waals surface area (Å²) in [5.41, 5.74) is 0.723. The minimum Gasteiger partial charge on any atom is -0.406 e. The van der Waals surface area contributed by atoms with Gasteiger partial charge >= 0.3 is 12.4 Å². The molecule has 1 aromatic carbocycles. The number of nitrogens with zero attached hydrogens (tertiary/aromatic N) is 2. The normalized spacial score (nSPS) is 15.0. The first-order chi connectivity index (χ1) is 10.7. The number of ether oxygens (including phenoxy) is 1. The zero-order valence-electron chi connectivity index (χ0n) is 12.4. The second-order valence-corrected chi connectivity index (χ2v) is 5.14. The summed E-state index contributed by atoms with van der Waals surface area (Å²) in [6, 6.07) is 5.01. The lowest BCUT2D eigenvalue weighted by atomic mass is 10.2. The fourth-order valence-corrected chi connectivity index (χ4v) is 2.19. The molecular formula is C14H16F3N3O3. The SMILES string of the molecule is CN(CC(=O)N1CCNC1=O)Cc1ccc(OC(F)(F)F)cc1. The fraction of sp³-hybridized carbons (Fsp3) is 0.429. The van der Waals surface area contributed by atoms with Crippen LogP contribution in [0.5, 0.6) is 5.75 Å². The molecule has 0 aliphatic carbocycles. The Kier molecular flexibility index (Phi) is 5.09. The minimum absolute atomic E-state index is 0.0359. The average Bonchev–Trinajstić information content (AvgIpc) is 2.85. The number of alkyl halides is 3. The van der Waals surface area contributed by atoms with Crippen molar-refractivity contribution in [2.75, 3.05) is 26.7 Å². The molecule has 1 aliphatic rings. The Labute approximate surface area is 130 Å². The van der Waals surface area contributed by atoms with E-state index in [1.54, 1.807) is 11.9 Å². The third-order valence-electron chi connectivity index (χ3n) is 3.17. The number of halogens is 3. The van der Waals surface area contributed by atoms with Gasteiger partial charge in [0.2, 0.25) is 5.91 Å². The highest BCUT2D eigenvalue weighted by atomic mass is 19.4. The number of urea groups is 1. The average molecular weight is 331 g/mol. The highest BCUT2D eigenvalue weighted by molar-refractivity contribution is 5.96. The van der Waals surface area contributed by atoms with Gasteiger partial charge in [0, 0.05) is 19.6 Å². The van der Waals surface area contributed by atoms with E-state index in [0.717, 1.165) is 10.5 Å². The minimum atomic E-state index is -4.72. The molecule has 0 radical (unpaired) electrons. The highest BCUT2D eigenvalue weighted by Gasteiger charge is 2.31. The van der Waals surface area contributed by atoms with Crippen LogP contribution in [-0.2, 0) is 11.3 Å². The van der Waals surface area contributed by atoms with Crippen LogP contribution in [0.15, 0.2) is 24.3 Å². The lowest BCUT2D eigenvalue weighted by molar-refractivity contribution is -0.274. The van der Waals surface area contributed by atoms with Crippen molar-refractivity contribution < 1.29 is 27.5 Å². The molecule has 3 amide bonds. The number of carbonyl (C=O) groups excluding carboxylic acids is 2. The number of benzene rings is 1. The van der Waals surface area contributed by atoms with Crippen LogP contribution >= 0.6 is 0 Å². The van der Waals surface area contributed by atoms with E-state index in [2.05, 4.69) is 10.1 Å². The van der Waals surface area contributed by atoms with Crippen LogP contribution in [0, 0.1) is 0 Å². The van der Waals surface area contributed by atoms with E-state index >= 15 is 0 Å². The van der Waals surface area contributed by atoms with Gasteiger partial charge in [0.15, 0.2) is 0 Å². The third kappa shape index (κ3) is 5.13. The molecule has 23 heavy (non-hydrogen) atoms. The van der Waals surface area contributed by atoms with Gasteiger partial charge in [-0.15, -0.1) is 13.2 Å². The van der Waals surface area contributed by atoms with E-state index in [1.807, 2.05) is 0 Å². The first-order valence-corrected chi connectivity index (χ1v) is 6.86. The van der Waals surface area contributed by atoms with Crippen LogP contribution in [0.3, 0.4) is 0 Å². The molecule has 0 atom stereocenters. The predicted molar refractivity (Wildman–Crippen MR) is 74.6 cm³/mol. The number of carbonyl (C=O) groups is 2. The van der Waals surface area contributed by atoms with Crippen LogP contribution < -0.4 is 10.1 Å². The second kappa shape index (κ2) is 6.86. The zero-order chi connectivity index (χ0) is 17.0. The van der Waals surface area contributed by atoms with Gasteiger partial charge in [0.1, 0.15) is 5.75 Å². The van der Waals surface area contributed by atoms with Gasteiger partial charge in [-0.1, -0.05) is 12.1 Å². The van der Waals surface area contributed by atoms with Gasteiger partial charge < -0.3 is 10.1 Å². The summed E-state index contributed by atoms with van der Waals surface area (Å²) in [6.07, 6.45) is -4.72. The molecule has 1 fully saturated rings. The number of imide groups is 1. The summed E-state index contributed by atoms with van der Waals surface area (Å²) in [5.74, 6) is -0.617.